The standard InChI is InChI=1S/C17H20N2O/c1-12-7-6-10-15(11-12)13(2)19-17(20)16(18)14-8-4-3-5-9-14/h3-11,13,16H,18H2,1-2H3,(H,19,20)/t13-,16-/m1/s1. The van der Waals surface area contributed by atoms with Crippen LogP contribution in [0.2, 0.25) is 0 Å². The Labute approximate surface area is 119 Å². The van der Waals surface area contributed by atoms with E-state index in [0.717, 1.165) is 11.1 Å². The van der Waals surface area contributed by atoms with E-state index in [2.05, 4.69) is 11.4 Å². The van der Waals surface area contributed by atoms with Crippen LogP contribution in [-0.2, 0) is 4.79 Å². The Balaban J connectivity index is 2.04. The van der Waals surface area contributed by atoms with Crippen molar-refractivity contribution >= 4 is 5.91 Å². The van der Waals surface area contributed by atoms with E-state index in [-0.39, 0.29) is 11.9 Å². The Morgan fingerprint density at radius 3 is 2.35 bits per heavy atom. The molecule has 0 aromatic heterocycles. The van der Waals surface area contributed by atoms with Crippen LogP contribution in [0.25, 0.3) is 0 Å². The molecule has 3 nitrogen and oxygen atoms in total. The maximum Gasteiger partial charge on any atom is 0.241 e. The van der Waals surface area contributed by atoms with Crippen molar-refractivity contribution < 1.29 is 4.79 Å². The Kier molecular flexibility index (Phi) is 4.53. The first-order chi connectivity index (χ1) is 9.58. The zero-order valence-electron chi connectivity index (χ0n) is 11.8. The molecule has 3 N–H and O–H groups in total. The first-order valence-corrected chi connectivity index (χ1v) is 6.75. The minimum absolute atomic E-state index is 0.0582. The Hall–Kier alpha value is -2.13. The van der Waals surface area contributed by atoms with Gasteiger partial charge < -0.3 is 11.1 Å². The van der Waals surface area contributed by atoms with Gasteiger partial charge >= 0.3 is 0 Å². The summed E-state index contributed by atoms with van der Waals surface area (Å²) in [6, 6.07) is 16.8. The molecular weight excluding hydrogens is 248 g/mol. The van der Waals surface area contributed by atoms with E-state index in [4.69, 9.17) is 5.73 Å². The van der Waals surface area contributed by atoms with Crippen molar-refractivity contribution in [2.24, 2.45) is 5.73 Å². The topological polar surface area (TPSA) is 55.1 Å². The molecule has 0 saturated carbocycles. The summed E-state index contributed by atoms with van der Waals surface area (Å²) in [5, 5.41) is 2.96. The fourth-order valence-corrected chi connectivity index (χ4v) is 2.14. The van der Waals surface area contributed by atoms with Crippen LogP contribution < -0.4 is 11.1 Å². The van der Waals surface area contributed by atoms with Crippen molar-refractivity contribution in [3.63, 3.8) is 0 Å². The van der Waals surface area contributed by atoms with Gasteiger partial charge in [-0.05, 0) is 25.0 Å². The molecule has 2 atom stereocenters. The second kappa shape index (κ2) is 6.35. The van der Waals surface area contributed by atoms with E-state index in [0.29, 0.717) is 0 Å². The monoisotopic (exact) mass is 268 g/mol. The van der Waals surface area contributed by atoms with Crippen molar-refractivity contribution in [2.75, 3.05) is 0 Å². The van der Waals surface area contributed by atoms with Crippen LogP contribution in [0.15, 0.2) is 54.6 Å². The molecule has 1 amide bonds. The van der Waals surface area contributed by atoms with E-state index >= 15 is 0 Å². The van der Waals surface area contributed by atoms with Gasteiger partial charge in [0, 0.05) is 0 Å². The summed E-state index contributed by atoms with van der Waals surface area (Å²) >= 11 is 0. The van der Waals surface area contributed by atoms with Crippen LogP contribution in [0.5, 0.6) is 0 Å². The van der Waals surface area contributed by atoms with E-state index in [1.807, 2.05) is 62.4 Å². The van der Waals surface area contributed by atoms with Gasteiger partial charge in [-0.3, -0.25) is 4.79 Å². The summed E-state index contributed by atoms with van der Waals surface area (Å²) < 4.78 is 0. The number of aryl methyl sites for hydroxylation is 1. The van der Waals surface area contributed by atoms with Gasteiger partial charge in [0.15, 0.2) is 0 Å². The lowest BCUT2D eigenvalue weighted by molar-refractivity contribution is -0.123. The average Bonchev–Trinajstić information content (AvgIpc) is 2.47. The maximum absolute atomic E-state index is 12.2. The van der Waals surface area contributed by atoms with Crippen LogP contribution in [0.4, 0.5) is 0 Å². The first kappa shape index (κ1) is 14.3. The third-order valence-corrected chi connectivity index (χ3v) is 3.34. The lowest BCUT2D eigenvalue weighted by atomic mass is 10.0. The minimum Gasteiger partial charge on any atom is -0.348 e. The number of hydrogen-bond acceptors (Lipinski definition) is 2. The molecule has 104 valence electrons. The highest BCUT2D eigenvalue weighted by molar-refractivity contribution is 5.83. The largest absolute Gasteiger partial charge is 0.348 e. The molecule has 2 aromatic carbocycles. The predicted molar refractivity (Wildman–Crippen MR) is 81.1 cm³/mol. The van der Waals surface area contributed by atoms with Gasteiger partial charge in [0.1, 0.15) is 6.04 Å². The third-order valence-electron chi connectivity index (χ3n) is 3.34. The van der Waals surface area contributed by atoms with Crippen molar-refractivity contribution in [2.45, 2.75) is 25.9 Å². The van der Waals surface area contributed by atoms with Crippen molar-refractivity contribution in [1.82, 2.24) is 5.32 Å². The Morgan fingerprint density at radius 1 is 1.05 bits per heavy atom. The smallest absolute Gasteiger partial charge is 0.241 e. The van der Waals surface area contributed by atoms with Gasteiger partial charge in [-0.1, -0.05) is 60.2 Å². The number of carbonyl (C=O) groups is 1. The van der Waals surface area contributed by atoms with Crippen LogP contribution in [0, 0.1) is 6.92 Å². The molecule has 0 aliphatic carbocycles. The molecule has 2 aromatic rings. The number of benzene rings is 2. The van der Waals surface area contributed by atoms with Gasteiger partial charge in [0.25, 0.3) is 0 Å². The summed E-state index contributed by atoms with van der Waals surface area (Å²) in [4.78, 5) is 12.2. The molecule has 0 bridgehead atoms. The van der Waals surface area contributed by atoms with Gasteiger partial charge in [0.05, 0.1) is 6.04 Å². The maximum atomic E-state index is 12.2. The Bertz CT molecular complexity index is 581. The Morgan fingerprint density at radius 2 is 1.70 bits per heavy atom. The molecule has 0 aliphatic heterocycles. The van der Waals surface area contributed by atoms with Crippen LogP contribution in [0.1, 0.15) is 35.7 Å². The lowest BCUT2D eigenvalue weighted by Gasteiger charge is -2.18. The van der Waals surface area contributed by atoms with Gasteiger partial charge in [0.2, 0.25) is 5.91 Å². The van der Waals surface area contributed by atoms with Gasteiger partial charge in [-0.2, -0.15) is 0 Å². The second-order valence-electron chi connectivity index (χ2n) is 5.03. The lowest BCUT2D eigenvalue weighted by Crippen LogP contribution is -2.35. The predicted octanol–water partition coefficient (Wildman–Crippen LogP) is 2.87. The molecule has 0 radical (unpaired) electrons. The van der Waals surface area contributed by atoms with Crippen LogP contribution in [0.3, 0.4) is 0 Å². The highest BCUT2D eigenvalue weighted by Crippen LogP contribution is 2.16. The molecule has 0 aliphatic rings. The molecule has 3 heteroatoms. The van der Waals surface area contributed by atoms with Crippen LogP contribution >= 0.6 is 0 Å². The van der Waals surface area contributed by atoms with E-state index in [1.54, 1.807) is 0 Å². The fourth-order valence-electron chi connectivity index (χ4n) is 2.14. The van der Waals surface area contributed by atoms with E-state index in [9.17, 15) is 4.79 Å². The van der Waals surface area contributed by atoms with Crippen molar-refractivity contribution in [3.05, 3.63) is 71.3 Å². The third kappa shape index (κ3) is 3.45. The molecule has 0 spiro atoms. The zero-order valence-corrected chi connectivity index (χ0v) is 11.8. The summed E-state index contributed by atoms with van der Waals surface area (Å²) in [5.41, 5.74) is 9.06. The molecule has 0 fully saturated rings. The normalized spacial score (nSPS) is 13.6. The van der Waals surface area contributed by atoms with Crippen molar-refractivity contribution in [3.8, 4) is 0 Å². The summed E-state index contributed by atoms with van der Waals surface area (Å²) in [6.45, 7) is 4.00. The second-order valence-corrected chi connectivity index (χ2v) is 5.03. The van der Waals surface area contributed by atoms with E-state index < -0.39 is 6.04 Å². The zero-order chi connectivity index (χ0) is 14.5. The molecule has 0 unspecified atom stereocenters. The average molecular weight is 268 g/mol. The number of nitrogens with one attached hydrogen (secondary N) is 1. The number of nitrogens with two attached hydrogens (primary N) is 1. The number of rotatable bonds is 4. The molecule has 0 heterocycles. The molecule has 2 rings (SSSR count). The first-order valence-electron chi connectivity index (χ1n) is 6.75. The number of hydrogen-bond donors (Lipinski definition) is 2. The minimum atomic E-state index is -0.636. The molecule has 20 heavy (non-hydrogen) atoms. The van der Waals surface area contributed by atoms with Crippen molar-refractivity contribution in [1.29, 1.82) is 0 Å². The quantitative estimate of drug-likeness (QED) is 0.896. The highest BCUT2D eigenvalue weighted by atomic mass is 16.2. The number of amides is 1. The summed E-state index contributed by atoms with van der Waals surface area (Å²) in [5.74, 6) is -0.162. The van der Waals surface area contributed by atoms with Gasteiger partial charge in [-0.15, -0.1) is 0 Å². The fraction of sp³-hybridized carbons (Fsp3) is 0.235. The van der Waals surface area contributed by atoms with E-state index in [1.165, 1.54) is 5.56 Å². The van der Waals surface area contributed by atoms with Gasteiger partial charge in [-0.25, -0.2) is 0 Å². The SMILES string of the molecule is Cc1cccc([C@@H](C)NC(=O)[C@H](N)c2ccccc2)c1. The summed E-state index contributed by atoms with van der Waals surface area (Å²) in [6.07, 6.45) is 0. The number of carbonyl (C=O) groups excluding carboxylic acids is 1. The molecule has 0 saturated heterocycles. The molecular formula is C17H20N2O. The highest BCUT2D eigenvalue weighted by Gasteiger charge is 2.18. The van der Waals surface area contributed by atoms with Crippen LogP contribution in [-0.4, -0.2) is 5.91 Å². The summed E-state index contributed by atoms with van der Waals surface area (Å²) in [7, 11) is 0.